The summed E-state index contributed by atoms with van der Waals surface area (Å²) in [5, 5.41) is 9.43. The Balaban J connectivity index is 2.12. The van der Waals surface area contributed by atoms with Gasteiger partial charge in [0.15, 0.2) is 0 Å². The molecule has 0 unspecified atom stereocenters. The van der Waals surface area contributed by atoms with Gasteiger partial charge in [0.05, 0.1) is 0 Å². The average molecular weight is 399 g/mol. The van der Waals surface area contributed by atoms with Crippen LogP contribution in [0.4, 0.5) is 0 Å². The summed E-state index contributed by atoms with van der Waals surface area (Å²) in [6, 6.07) is 25.9. The summed E-state index contributed by atoms with van der Waals surface area (Å²) >= 11 is -3.59. The van der Waals surface area contributed by atoms with Crippen molar-refractivity contribution in [2.75, 3.05) is 0 Å². The molecule has 0 aliphatic heterocycles. The van der Waals surface area contributed by atoms with E-state index in [-0.39, 0.29) is 5.56 Å². The summed E-state index contributed by atoms with van der Waals surface area (Å²) in [4.78, 5) is 12.1. The van der Waals surface area contributed by atoms with Gasteiger partial charge in [0.25, 0.3) is 0 Å². The molecular weight excluding hydrogens is 383 g/mol. The fourth-order valence-electron chi connectivity index (χ4n) is 2.38. The van der Waals surface area contributed by atoms with Gasteiger partial charge in [-0.15, -0.1) is 0 Å². The van der Waals surface area contributed by atoms with E-state index in [4.69, 9.17) is 0 Å². The number of rotatable bonds is 5. The predicted octanol–water partition coefficient (Wildman–Crippen LogP) is 2.73. The van der Waals surface area contributed by atoms with Crippen LogP contribution in [0, 0.1) is 0 Å². The first kappa shape index (κ1) is 16.8. The summed E-state index contributed by atoms with van der Waals surface area (Å²) in [5.41, 5.74) is 0.217. The van der Waals surface area contributed by atoms with Crippen LogP contribution in [-0.4, -0.2) is 27.9 Å². The van der Waals surface area contributed by atoms with Crippen LogP contribution in [0.25, 0.3) is 0 Å². The van der Waals surface area contributed by atoms with Gasteiger partial charge in [-0.1, -0.05) is 0 Å². The van der Waals surface area contributed by atoms with E-state index in [0.29, 0.717) is 4.90 Å². The van der Waals surface area contributed by atoms with Crippen LogP contribution in [0.5, 0.6) is 0 Å². The number of carboxylic acids is 1. The first-order chi connectivity index (χ1) is 11.6. The molecule has 0 spiro atoms. The van der Waals surface area contributed by atoms with Crippen molar-refractivity contribution < 1.29 is 14.0 Å². The third kappa shape index (κ3) is 3.41. The first-order valence-corrected chi connectivity index (χ1v) is 13.1. The Bertz CT molecular complexity index is 798. The van der Waals surface area contributed by atoms with E-state index in [0.717, 1.165) is 8.70 Å². The molecule has 0 heterocycles. The minimum absolute atomic E-state index is 0.217. The van der Waals surface area contributed by atoms with Gasteiger partial charge in [0.1, 0.15) is 0 Å². The second-order valence-corrected chi connectivity index (χ2v) is 14.2. The van der Waals surface area contributed by atoms with Crippen LogP contribution in [-0.2, 0) is 0 Å². The average Bonchev–Trinajstić information content (AvgIpc) is 2.63. The molecule has 2 N–H and O–H groups in total. The molecule has 0 aromatic heterocycles. The number of aromatic carboxylic acids is 1. The molecule has 0 bridgehead atoms. The van der Waals surface area contributed by atoms with Gasteiger partial charge < -0.3 is 0 Å². The van der Waals surface area contributed by atoms with Gasteiger partial charge in [0, 0.05) is 0 Å². The van der Waals surface area contributed by atoms with E-state index < -0.39 is 18.7 Å². The third-order valence-corrected chi connectivity index (χ3v) is 13.7. The van der Waals surface area contributed by atoms with Crippen molar-refractivity contribution in [3.8, 4) is 0 Å². The summed E-state index contributed by atoms with van der Waals surface area (Å²) in [6.45, 7) is 0. The summed E-state index contributed by atoms with van der Waals surface area (Å²) < 4.78 is 13.4. The van der Waals surface area contributed by atoms with Gasteiger partial charge in [-0.25, -0.2) is 0 Å². The zero-order valence-corrected chi connectivity index (χ0v) is 15.4. The first-order valence-electron chi connectivity index (χ1n) is 7.36. The topological polar surface area (TPSA) is 57.5 Å². The number of hydrogen-bond acceptors (Lipinski definition) is 3. The summed E-state index contributed by atoms with van der Waals surface area (Å²) in [5.74, 6) is -0.985. The number of carboxylic acid groups (broad SMARTS) is 1. The number of hydrogen-bond donors (Lipinski definition) is 2. The Kier molecular flexibility index (Phi) is 5.10. The molecule has 3 aromatic rings. The Hall–Kier alpha value is -2.00. The van der Waals surface area contributed by atoms with Crippen molar-refractivity contribution in [1.82, 2.24) is 0 Å². The minimum atomic E-state index is -3.59. The van der Waals surface area contributed by atoms with Gasteiger partial charge >= 0.3 is 147 Å². The van der Waals surface area contributed by atoms with Crippen molar-refractivity contribution in [3.63, 3.8) is 0 Å². The molecule has 0 amide bonds. The van der Waals surface area contributed by atoms with Crippen molar-refractivity contribution in [2.45, 2.75) is 4.90 Å². The molecule has 3 nitrogen and oxygen atoms in total. The quantitative estimate of drug-likeness (QED) is 0.648. The van der Waals surface area contributed by atoms with Crippen LogP contribution < -0.4 is 8.70 Å². The molecule has 3 aromatic carbocycles. The number of benzene rings is 3. The van der Waals surface area contributed by atoms with Gasteiger partial charge in [-0.2, -0.15) is 0 Å². The fraction of sp³-hybridized carbons (Fsp3) is 0. The maximum atomic E-state index is 11.7. The number of carbonyl (C=O) groups is 1. The fourth-order valence-corrected chi connectivity index (χ4v) is 11.7. The molecular formula is C19H16AsO3S. The second-order valence-electron chi connectivity index (χ2n) is 5.14. The Labute approximate surface area is 146 Å². The molecule has 0 fully saturated rings. The molecule has 24 heavy (non-hydrogen) atoms. The van der Waals surface area contributed by atoms with Crippen molar-refractivity contribution in [2.24, 2.45) is 0 Å². The van der Waals surface area contributed by atoms with Crippen LogP contribution in [0.1, 0.15) is 10.4 Å². The molecule has 0 saturated heterocycles. The molecule has 5 heteroatoms. The molecule has 0 aliphatic carbocycles. The zero-order valence-electron chi connectivity index (χ0n) is 12.7. The van der Waals surface area contributed by atoms with Crippen molar-refractivity contribution in [3.05, 3.63) is 90.5 Å². The van der Waals surface area contributed by atoms with Crippen molar-refractivity contribution in [1.29, 1.82) is 0 Å². The van der Waals surface area contributed by atoms with E-state index in [2.05, 4.69) is 0 Å². The molecule has 3 rings (SSSR count). The van der Waals surface area contributed by atoms with Crippen LogP contribution in [0.3, 0.4) is 0 Å². The van der Waals surface area contributed by atoms with E-state index in [1.54, 1.807) is 24.3 Å². The van der Waals surface area contributed by atoms with Gasteiger partial charge in [0.2, 0.25) is 0 Å². The van der Waals surface area contributed by atoms with Gasteiger partial charge in [-0.05, 0) is 0 Å². The molecule has 121 valence electrons. The van der Waals surface area contributed by atoms with E-state index in [1.807, 2.05) is 60.7 Å². The Morgan fingerprint density at radius 1 is 0.750 bits per heavy atom. The predicted molar refractivity (Wildman–Crippen MR) is 99.4 cm³/mol. The van der Waals surface area contributed by atoms with Crippen LogP contribution >= 0.6 is 10.0 Å². The molecule has 0 saturated carbocycles. The maximum absolute atomic E-state index is 11.7. The monoisotopic (exact) mass is 399 g/mol. The van der Waals surface area contributed by atoms with E-state index in [9.17, 15) is 14.0 Å². The molecule has 0 aliphatic rings. The zero-order chi connectivity index (χ0) is 17.0. The summed E-state index contributed by atoms with van der Waals surface area (Å²) in [7, 11) is 1.30. The van der Waals surface area contributed by atoms with E-state index >= 15 is 0 Å². The molecule has 0 atom stereocenters. The van der Waals surface area contributed by atoms with Crippen molar-refractivity contribution >= 4 is 37.4 Å². The Morgan fingerprint density at radius 2 is 1.21 bits per heavy atom. The molecule has 1 radical (unpaired) electrons. The third-order valence-electron chi connectivity index (χ3n) is 3.56. The standard InChI is InChI=1S/C19H16AsO3S/c21-19(22)17-13-7-8-14-18(17)24-20(23,15-9-3-1-4-10-15)16-11-5-2-6-12-16/h1-14,23H,(H,21,22). The van der Waals surface area contributed by atoms with E-state index in [1.165, 1.54) is 10.0 Å². The SMILES string of the molecule is O=C(O)c1ccccc1S[As](O)(c1ccccc1)c1ccccc1. The van der Waals surface area contributed by atoms with Crippen LogP contribution in [0.2, 0.25) is 0 Å². The van der Waals surface area contributed by atoms with Gasteiger partial charge in [-0.3, -0.25) is 0 Å². The van der Waals surface area contributed by atoms with Crippen LogP contribution in [0.15, 0.2) is 89.8 Å². The second kappa shape index (κ2) is 7.27. The summed E-state index contributed by atoms with van der Waals surface area (Å²) in [6.07, 6.45) is 0. The Morgan fingerprint density at radius 3 is 1.71 bits per heavy atom. The normalized spacial score (nSPS) is 11.2.